The second-order valence-corrected chi connectivity index (χ2v) is 3.00. The largest absolute Gasteiger partial charge is 0.458 e. The molecule has 15 heavy (non-hydrogen) atoms. The zero-order valence-corrected chi connectivity index (χ0v) is 9.06. The van der Waals surface area contributed by atoms with Gasteiger partial charge in [0.15, 0.2) is 0 Å². The predicted octanol–water partition coefficient (Wildman–Crippen LogP) is 1.61. The van der Waals surface area contributed by atoms with Gasteiger partial charge in [0.25, 0.3) is 0 Å². The van der Waals surface area contributed by atoms with Crippen molar-refractivity contribution < 1.29 is 19.1 Å². The quantitative estimate of drug-likeness (QED) is 0.496. The summed E-state index contributed by atoms with van der Waals surface area (Å²) < 4.78 is 9.83. The molecule has 0 radical (unpaired) electrons. The van der Waals surface area contributed by atoms with Gasteiger partial charge in [0, 0.05) is 20.3 Å². The van der Waals surface area contributed by atoms with Gasteiger partial charge in [-0.15, -0.1) is 0 Å². The Hall–Kier alpha value is -1.58. The third kappa shape index (κ3) is 6.49. The third-order valence-electron chi connectivity index (χ3n) is 1.63. The van der Waals surface area contributed by atoms with Crippen molar-refractivity contribution in [2.45, 2.75) is 32.5 Å². The molecular formula is C11H16O4. The minimum Gasteiger partial charge on any atom is -0.458 e. The molecule has 0 unspecified atom stereocenters. The number of carbonyl (C=O) groups is 2. The highest BCUT2D eigenvalue weighted by Crippen LogP contribution is 2.09. The summed E-state index contributed by atoms with van der Waals surface area (Å²) in [5, 5.41) is 0. The first-order chi connectivity index (χ1) is 6.99. The maximum atomic E-state index is 10.7. The fourth-order valence-electron chi connectivity index (χ4n) is 1.04. The molecule has 0 N–H and O–H groups in total. The summed E-state index contributed by atoms with van der Waals surface area (Å²) >= 11 is 0. The Morgan fingerprint density at radius 2 is 1.40 bits per heavy atom. The van der Waals surface area contributed by atoms with Crippen molar-refractivity contribution in [1.29, 1.82) is 0 Å². The number of ether oxygens (including phenoxy) is 2. The van der Waals surface area contributed by atoms with Gasteiger partial charge in [-0.25, -0.2) is 0 Å². The van der Waals surface area contributed by atoms with Crippen LogP contribution in [0.15, 0.2) is 25.3 Å². The van der Waals surface area contributed by atoms with Gasteiger partial charge in [0.1, 0.15) is 12.2 Å². The Morgan fingerprint density at radius 1 is 1.07 bits per heavy atom. The molecule has 0 aromatic rings. The summed E-state index contributed by atoms with van der Waals surface area (Å²) in [6.45, 7) is 9.68. The summed E-state index contributed by atoms with van der Waals surface area (Å²) in [4.78, 5) is 21.4. The highest BCUT2D eigenvalue weighted by molar-refractivity contribution is 5.67. The van der Waals surface area contributed by atoms with E-state index < -0.39 is 24.1 Å². The molecule has 4 nitrogen and oxygen atoms in total. The molecule has 84 valence electrons. The number of esters is 2. The zero-order chi connectivity index (χ0) is 11.8. The highest BCUT2D eigenvalue weighted by atomic mass is 16.6. The molecule has 0 aromatic carbocycles. The Labute approximate surface area is 89.6 Å². The van der Waals surface area contributed by atoms with E-state index in [1.165, 1.54) is 26.0 Å². The summed E-state index contributed by atoms with van der Waals surface area (Å²) in [5.41, 5.74) is 0. The molecular weight excluding hydrogens is 196 g/mol. The number of carbonyl (C=O) groups excluding carboxylic acids is 2. The topological polar surface area (TPSA) is 52.6 Å². The molecule has 0 aliphatic carbocycles. The average molecular weight is 212 g/mol. The molecule has 0 saturated heterocycles. The second kappa shape index (κ2) is 6.81. The molecule has 0 aliphatic heterocycles. The van der Waals surface area contributed by atoms with Crippen molar-refractivity contribution in [2.75, 3.05) is 0 Å². The Morgan fingerprint density at radius 3 is 1.60 bits per heavy atom. The number of rotatable bonds is 6. The molecule has 2 atom stereocenters. The highest BCUT2D eigenvalue weighted by Gasteiger charge is 2.15. The lowest BCUT2D eigenvalue weighted by atomic mass is 10.1. The van der Waals surface area contributed by atoms with E-state index in [4.69, 9.17) is 9.47 Å². The molecule has 0 spiro atoms. The monoisotopic (exact) mass is 212 g/mol. The van der Waals surface area contributed by atoms with Crippen LogP contribution in [0.3, 0.4) is 0 Å². The van der Waals surface area contributed by atoms with E-state index in [1.54, 1.807) is 0 Å². The summed E-state index contributed by atoms with van der Waals surface area (Å²) in [7, 11) is 0. The first-order valence-electron chi connectivity index (χ1n) is 4.59. The molecule has 0 bridgehead atoms. The van der Waals surface area contributed by atoms with Crippen LogP contribution < -0.4 is 0 Å². The van der Waals surface area contributed by atoms with Crippen LogP contribution in [0.2, 0.25) is 0 Å². The van der Waals surface area contributed by atoms with E-state index in [9.17, 15) is 9.59 Å². The van der Waals surface area contributed by atoms with Crippen molar-refractivity contribution in [3.8, 4) is 0 Å². The lowest BCUT2D eigenvalue weighted by Gasteiger charge is -2.18. The van der Waals surface area contributed by atoms with Gasteiger partial charge in [-0.2, -0.15) is 0 Å². The molecule has 0 fully saturated rings. The lowest BCUT2D eigenvalue weighted by Crippen LogP contribution is -2.23. The van der Waals surface area contributed by atoms with Crippen LogP contribution in [0.4, 0.5) is 0 Å². The predicted molar refractivity (Wildman–Crippen MR) is 56.1 cm³/mol. The minimum atomic E-state index is -0.468. The average Bonchev–Trinajstić information content (AvgIpc) is 2.14. The molecule has 0 saturated carbocycles. The first-order valence-corrected chi connectivity index (χ1v) is 4.59. The molecule has 0 rings (SSSR count). The maximum absolute atomic E-state index is 10.7. The van der Waals surface area contributed by atoms with Crippen LogP contribution in [-0.4, -0.2) is 24.1 Å². The van der Waals surface area contributed by atoms with Gasteiger partial charge in [0.2, 0.25) is 0 Å². The van der Waals surface area contributed by atoms with E-state index in [0.717, 1.165) is 0 Å². The zero-order valence-electron chi connectivity index (χ0n) is 9.06. The molecule has 4 heteroatoms. The smallest absolute Gasteiger partial charge is 0.303 e. The van der Waals surface area contributed by atoms with Gasteiger partial charge in [-0.3, -0.25) is 9.59 Å². The third-order valence-corrected chi connectivity index (χ3v) is 1.63. The molecule has 0 amide bonds. The second-order valence-electron chi connectivity index (χ2n) is 3.00. The van der Waals surface area contributed by atoms with Crippen molar-refractivity contribution in [3.63, 3.8) is 0 Å². The van der Waals surface area contributed by atoms with Gasteiger partial charge in [-0.1, -0.05) is 25.3 Å². The van der Waals surface area contributed by atoms with E-state index >= 15 is 0 Å². The first kappa shape index (κ1) is 13.4. The molecule has 0 heterocycles. The molecule has 0 aliphatic rings. The van der Waals surface area contributed by atoms with E-state index in [0.29, 0.717) is 6.42 Å². The standard InChI is InChI=1S/C11H16O4/c1-5-10(14-8(3)12)7-11(6-2)15-9(4)13/h5-6,10-11H,1-2,7H2,3-4H3/t10-,11+. The van der Waals surface area contributed by atoms with Crippen molar-refractivity contribution in [1.82, 2.24) is 0 Å². The fourth-order valence-corrected chi connectivity index (χ4v) is 1.04. The van der Waals surface area contributed by atoms with Crippen molar-refractivity contribution in [3.05, 3.63) is 25.3 Å². The lowest BCUT2D eigenvalue weighted by molar-refractivity contribution is -0.148. The van der Waals surface area contributed by atoms with Gasteiger partial charge in [0.05, 0.1) is 0 Å². The van der Waals surface area contributed by atoms with E-state index in [-0.39, 0.29) is 0 Å². The Balaban J connectivity index is 4.22. The van der Waals surface area contributed by atoms with E-state index in [1.807, 2.05) is 0 Å². The normalized spacial score (nSPS) is 13.5. The van der Waals surface area contributed by atoms with Crippen LogP contribution in [0, 0.1) is 0 Å². The van der Waals surface area contributed by atoms with Crippen LogP contribution >= 0.6 is 0 Å². The van der Waals surface area contributed by atoms with Crippen LogP contribution in [0.25, 0.3) is 0 Å². The summed E-state index contributed by atoms with van der Waals surface area (Å²) in [6.07, 6.45) is 2.38. The Bertz CT molecular complexity index is 231. The van der Waals surface area contributed by atoms with Crippen LogP contribution in [0.1, 0.15) is 20.3 Å². The van der Waals surface area contributed by atoms with Crippen LogP contribution in [-0.2, 0) is 19.1 Å². The van der Waals surface area contributed by atoms with Crippen LogP contribution in [0.5, 0.6) is 0 Å². The fraction of sp³-hybridized carbons (Fsp3) is 0.455. The maximum Gasteiger partial charge on any atom is 0.303 e. The minimum absolute atomic E-state index is 0.339. The van der Waals surface area contributed by atoms with Crippen molar-refractivity contribution in [2.24, 2.45) is 0 Å². The number of hydrogen-bond acceptors (Lipinski definition) is 4. The van der Waals surface area contributed by atoms with E-state index in [2.05, 4.69) is 13.2 Å². The molecule has 0 aromatic heterocycles. The van der Waals surface area contributed by atoms with Crippen molar-refractivity contribution >= 4 is 11.9 Å². The van der Waals surface area contributed by atoms with Gasteiger partial charge >= 0.3 is 11.9 Å². The SMILES string of the molecule is C=C[C@H](C[C@H](C=C)OC(C)=O)OC(C)=O. The summed E-state index contributed by atoms with van der Waals surface area (Å²) in [6, 6.07) is 0. The number of hydrogen-bond donors (Lipinski definition) is 0. The van der Waals surface area contributed by atoms with Gasteiger partial charge < -0.3 is 9.47 Å². The van der Waals surface area contributed by atoms with Gasteiger partial charge in [-0.05, 0) is 0 Å². The Kier molecular flexibility index (Phi) is 6.09. The summed E-state index contributed by atoms with van der Waals surface area (Å²) in [5.74, 6) is -0.795.